The summed E-state index contributed by atoms with van der Waals surface area (Å²) in [6, 6.07) is 2.74. The third-order valence-electron chi connectivity index (χ3n) is 1.51. The number of aliphatic hydroxyl groups excluding tert-OH is 1. The molecule has 0 aromatic carbocycles. The van der Waals surface area contributed by atoms with Crippen molar-refractivity contribution >= 4 is 11.6 Å². The minimum Gasteiger partial charge on any atom is -0.394 e. The molecule has 5 nitrogen and oxygen atoms in total. The summed E-state index contributed by atoms with van der Waals surface area (Å²) in [4.78, 5) is 3.77. The third-order valence-corrected chi connectivity index (χ3v) is 1.51. The molecule has 66 valence electrons. The molecule has 0 aliphatic carbocycles. The standard InChI is InChI=1S/C7H12N4O/c8-5(3-12)4-1-6(9)11-7(10)2-4/h1-2,5,12H,3,8H2,(H4,9,10,11). The van der Waals surface area contributed by atoms with Crippen molar-refractivity contribution in [3.63, 3.8) is 0 Å². The first-order valence-corrected chi connectivity index (χ1v) is 3.53. The lowest BCUT2D eigenvalue weighted by atomic mass is 10.1. The van der Waals surface area contributed by atoms with Gasteiger partial charge in [0.25, 0.3) is 0 Å². The summed E-state index contributed by atoms with van der Waals surface area (Å²) in [5.74, 6) is 0.628. The fourth-order valence-corrected chi connectivity index (χ4v) is 0.916. The number of hydrogen-bond donors (Lipinski definition) is 4. The van der Waals surface area contributed by atoms with Gasteiger partial charge in [0.2, 0.25) is 0 Å². The molecule has 0 aliphatic heterocycles. The van der Waals surface area contributed by atoms with Gasteiger partial charge in [0.15, 0.2) is 0 Å². The largest absolute Gasteiger partial charge is 0.394 e. The first-order chi connectivity index (χ1) is 5.63. The first kappa shape index (κ1) is 8.76. The van der Waals surface area contributed by atoms with Crippen LogP contribution in [0.5, 0.6) is 0 Å². The predicted molar refractivity (Wildman–Crippen MR) is 47.1 cm³/mol. The van der Waals surface area contributed by atoms with Gasteiger partial charge in [0.1, 0.15) is 11.6 Å². The summed E-state index contributed by atoms with van der Waals surface area (Å²) < 4.78 is 0. The fraction of sp³-hybridized carbons (Fsp3) is 0.286. The fourth-order valence-electron chi connectivity index (χ4n) is 0.916. The van der Waals surface area contributed by atoms with Crippen LogP contribution >= 0.6 is 0 Å². The van der Waals surface area contributed by atoms with E-state index < -0.39 is 6.04 Å². The average Bonchev–Trinajstić information content (AvgIpc) is 2.01. The lowest BCUT2D eigenvalue weighted by Gasteiger charge is -2.09. The van der Waals surface area contributed by atoms with E-state index in [9.17, 15) is 0 Å². The van der Waals surface area contributed by atoms with Gasteiger partial charge in [-0.25, -0.2) is 4.98 Å². The SMILES string of the molecule is Nc1cc(C(N)CO)cc(N)n1. The molecule has 12 heavy (non-hydrogen) atoms. The van der Waals surface area contributed by atoms with Crippen LogP contribution in [0, 0.1) is 0 Å². The molecule has 0 amide bonds. The highest BCUT2D eigenvalue weighted by atomic mass is 16.3. The van der Waals surface area contributed by atoms with Gasteiger partial charge < -0.3 is 22.3 Å². The molecule has 5 heteroatoms. The number of aromatic nitrogens is 1. The Kier molecular flexibility index (Phi) is 2.47. The van der Waals surface area contributed by atoms with Crippen molar-refractivity contribution in [2.75, 3.05) is 18.1 Å². The summed E-state index contributed by atoms with van der Waals surface area (Å²) in [5.41, 5.74) is 17.1. The minimum absolute atomic E-state index is 0.136. The molecular weight excluding hydrogens is 156 g/mol. The van der Waals surface area contributed by atoms with Crippen LogP contribution in [-0.2, 0) is 0 Å². The molecule has 0 spiro atoms. The Morgan fingerprint density at radius 2 is 1.83 bits per heavy atom. The van der Waals surface area contributed by atoms with Crippen molar-refractivity contribution < 1.29 is 5.11 Å². The number of aliphatic hydroxyl groups is 1. The van der Waals surface area contributed by atoms with Gasteiger partial charge in [0, 0.05) is 0 Å². The van der Waals surface area contributed by atoms with Crippen molar-refractivity contribution in [1.82, 2.24) is 4.98 Å². The Morgan fingerprint density at radius 1 is 1.33 bits per heavy atom. The summed E-state index contributed by atoms with van der Waals surface area (Å²) in [5, 5.41) is 8.74. The van der Waals surface area contributed by atoms with Gasteiger partial charge in [-0.05, 0) is 17.7 Å². The highest BCUT2D eigenvalue weighted by molar-refractivity contribution is 5.44. The van der Waals surface area contributed by atoms with Gasteiger partial charge >= 0.3 is 0 Å². The maximum Gasteiger partial charge on any atom is 0.126 e. The van der Waals surface area contributed by atoms with E-state index >= 15 is 0 Å². The molecule has 0 saturated carbocycles. The molecule has 1 atom stereocenters. The monoisotopic (exact) mass is 168 g/mol. The zero-order valence-electron chi connectivity index (χ0n) is 6.57. The second-order valence-electron chi connectivity index (χ2n) is 2.54. The topological polar surface area (TPSA) is 111 Å². The second kappa shape index (κ2) is 3.38. The van der Waals surface area contributed by atoms with E-state index in [0.29, 0.717) is 17.2 Å². The van der Waals surface area contributed by atoms with Crippen LogP contribution in [0.2, 0.25) is 0 Å². The van der Waals surface area contributed by atoms with Crippen molar-refractivity contribution in [2.45, 2.75) is 6.04 Å². The maximum atomic E-state index is 8.74. The highest BCUT2D eigenvalue weighted by Gasteiger charge is 2.05. The summed E-state index contributed by atoms with van der Waals surface area (Å²) >= 11 is 0. The first-order valence-electron chi connectivity index (χ1n) is 3.53. The smallest absolute Gasteiger partial charge is 0.126 e. The van der Waals surface area contributed by atoms with E-state index in [1.54, 1.807) is 12.1 Å². The summed E-state index contributed by atoms with van der Waals surface area (Å²) in [6.07, 6.45) is 0. The second-order valence-corrected chi connectivity index (χ2v) is 2.54. The quantitative estimate of drug-likeness (QED) is 0.463. The molecule has 1 heterocycles. The predicted octanol–water partition coefficient (Wildman–Crippen LogP) is -0.762. The van der Waals surface area contributed by atoms with Gasteiger partial charge in [-0.1, -0.05) is 0 Å². The molecule has 0 fully saturated rings. The number of nitrogens with two attached hydrogens (primary N) is 3. The third kappa shape index (κ3) is 1.84. The zero-order chi connectivity index (χ0) is 9.14. The Balaban J connectivity index is 3.00. The molecule has 0 radical (unpaired) electrons. The molecule has 0 saturated heterocycles. The van der Waals surface area contributed by atoms with E-state index in [-0.39, 0.29) is 6.61 Å². The lowest BCUT2D eigenvalue weighted by Crippen LogP contribution is -2.15. The highest BCUT2D eigenvalue weighted by Crippen LogP contribution is 2.14. The molecule has 7 N–H and O–H groups in total. The molecule has 1 unspecified atom stereocenters. The lowest BCUT2D eigenvalue weighted by molar-refractivity contribution is 0.268. The van der Waals surface area contributed by atoms with Crippen LogP contribution in [0.3, 0.4) is 0 Å². The molecule has 1 rings (SSSR count). The number of nitrogens with zero attached hydrogens (tertiary/aromatic N) is 1. The van der Waals surface area contributed by atoms with Crippen LogP contribution in [-0.4, -0.2) is 16.7 Å². The summed E-state index contributed by atoms with van der Waals surface area (Å²) in [7, 11) is 0. The Hall–Kier alpha value is -1.33. The number of anilines is 2. The number of pyridine rings is 1. The molecule has 1 aromatic heterocycles. The van der Waals surface area contributed by atoms with Gasteiger partial charge in [-0.15, -0.1) is 0 Å². The molecule has 0 bridgehead atoms. The van der Waals surface area contributed by atoms with E-state index in [2.05, 4.69) is 4.98 Å². The normalized spacial score (nSPS) is 12.8. The molecule has 1 aromatic rings. The van der Waals surface area contributed by atoms with Crippen molar-refractivity contribution in [3.05, 3.63) is 17.7 Å². The van der Waals surface area contributed by atoms with Gasteiger partial charge in [-0.2, -0.15) is 0 Å². The van der Waals surface area contributed by atoms with E-state index in [0.717, 1.165) is 0 Å². The zero-order valence-corrected chi connectivity index (χ0v) is 6.57. The van der Waals surface area contributed by atoms with E-state index in [1.165, 1.54) is 0 Å². The maximum absolute atomic E-state index is 8.74. The van der Waals surface area contributed by atoms with Crippen LogP contribution in [0.1, 0.15) is 11.6 Å². The Morgan fingerprint density at radius 3 is 2.25 bits per heavy atom. The minimum atomic E-state index is -0.447. The Labute approximate surface area is 70.2 Å². The van der Waals surface area contributed by atoms with Crippen molar-refractivity contribution in [2.24, 2.45) is 5.73 Å². The molecular formula is C7H12N4O. The van der Waals surface area contributed by atoms with Crippen molar-refractivity contribution in [1.29, 1.82) is 0 Å². The van der Waals surface area contributed by atoms with E-state index in [4.69, 9.17) is 22.3 Å². The van der Waals surface area contributed by atoms with Crippen LogP contribution < -0.4 is 17.2 Å². The summed E-state index contributed by atoms with van der Waals surface area (Å²) in [6.45, 7) is -0.136. The van der Waals surface area contributed by atoms with Crippen LogP contribution in [0.25, 0.3) is 0 Å². The Bertz CT molecular complexity index is 256. The average molecular weight is 168 g/mol. The van der Waals surface area contributed by atoms with Crippen LogP contribution in [0.4, 0.5) is 11.6 Å². The van der Waals surface area contributed by atoms with Crippen LogP contribution in [0.15, 0.2) is 12.1 Å². The van der Waals surface area contributed by atoms with Gasteiger partial charge in [-0.3, -0.25) is 0 Å². The van der Waals surface area contributed by atoms with Crippen molar-refractivity contribution in [3.8, 4) is 0 Å². The number of nitrogen functional groups attached to an aromatic ring is 2. The van der Waals surface area contributed by atoms with E-state index in [1.807, 2.05) is 0 Å². The number of rotatable bonds is 2. The number of hydrogen-bond acceptors (Lipinski definition) is 5. The molecule has 0 aliphatic rings. The van der Waals surface area contributed by atoms with Gasteiger partial charge in [0.05, 0.1) is 12.6 Å².